The van der Waals surface area contributed by atoms with E-state index in [0.29, 0.717) is 12.8 Å². The molecule has 1 unspecified atom stereocenters. The molecule has 1 rings (SSSR count). The number of benzene rings is 1. The summed E-state index contributed by atoms with van der Waals surface area (Å²) >= 11 is 0. The normalized spacial score (nSPS) is 11.7. The van der Waals surface area contributed by atoms with Crippen LogP contribution in [0, 0.1) is 28.9 Å². The lowest BCUT2D eigenvalue weighted by molar-refractivity contribution is -0.123. The first-order chi connectivity index (χ1) is 8.58. The predicted molar refractivity (Wildman–Crippen MR) is 62.2 cm³/mol. The molecule has 0 aliphatic rings. The van der Waals surface area contributed by atoms with Gasteiger partial charge in [-0.3, -0.25) is 4.79 Å². The number of hydrogen-bond acceptors (Lipinski definition) is 2. The minimum atomic E-state index is -0.744. The Hall–Kier alpha value is -1.96. The second-order valence-electron chi connectivity index (χ2n) is 3.92. The molecule has 0 radical (unpaired) electrons. The highest BCUT2D eigenvalue weighted by Gasteiger charge is 2.16. The van der Waals surface area contributed by atoms with Gasteiger partial charge in [0.05, 0.1) is 6.07 Å². The Bertz CT molecular complexity index is 469. The van der Waals surface area contributed by atoms with Gasteiger partial charge in [-0.25, -0.2) is 8.78 Å². The van der Waals surface area contributed by atoms with E-state index in [1.54, 1.807) is 0 Å². The van der Waals surface area contributed by atoms with Crippen LogP contribution in [0.2, 0.25) is 0 Å². The van der Waals surface area contributed by atoms with Crippen LogP contribution in [0.4, 0.5) is 8.78 Å². The number of amides is 1. The molecule has 1 amide bonds. The van der Waals surface area contributed by atoms with Gasteiger partial charge in [0.15, 0.2) is 0 Å². The first kappa shape index (κ1) is 14.1. The molecule has 1 aromatic rings. The van der Waals surface area contributed by atoms with Crippen LogP contribution in [0.3, 0.4) is 0 Å². The van der Waals surface area contributed by atoms with Crippen molar-refractivity contribution in [2.45, 2.75) is 26.3 Å². The molecule has 1 N–H and O–H groups in total. The highest BCUT2D eigenvalue weighted by Crippen LogP contribution is 2.10. The lowest BCUT2D eigenvalue weighted by Gasteiger charge is -2.09. The van der Waals surface area contributed by atoms with Crippen LogP contribution in [0.1, 0.15) is 25.3 Å². The second-order valence-corrected chi connectivity index (χ2v) is 3.92. The zero-order valence-electron chi connectivity index (χ0n) is 10.0. The quantitative estimate of drug-likeness (QED) is 0.875. The molecule has 18 heavy (non-hydrogen) atoms. The van der Waals surface area contributed by atoms with Gasteiger partial charge < -0.3 is 5.32 Å². The lowest BCUT2D eigenvalue weighted by Crippen LogP contribution is -2.29. The van der Waals surface area contributed by atoms with Gasteiger partial charge in [-0.1, -0.05) is 13.3 Å². The number of nitriles is 1. The maximum absolute atomic E-state index is 13.3. The van der Waals surface area contributed by atoms with E-state index < -0.39 is 23.5 Å². The molecule has 1 aromatic carbocycles. The third-order valence-electron chi connectivity index (χ3n) is 2.51. The van der Waals surface area contributed by atoms with Crippen LogP contribution in [0.25, 0.3) is 0 Å². The standard InChI is InChI=1S/C13H14F2N2O/c1-2-3-9(7-16)13(18)17-8-10-6-11(14)4-5-12(10)15/h4-6,9H,2-3,8H2,1H3,(H,17,18). The molecule has 0 aromatic heterocycles. The molecule has 0 saturated carbocycles. The summed E-state index contributed by atoms with van der Waals surface area (Å²) in [7, 11) is 0. The number of nitrogens with one attached hydrogen (secondary N) is 1. The molecular formula is C13H14F2N2O. The molecular weight excluding hydrogens is 238 g/mol. The Labute approximate surface area is 104 Å². The third-order valence-corrected chi connectivity index (χ3v) is 2.51. The van der Waals surface area contributed by atoms with E-state index in [0.717, 1.165) is 18.2 Å². The van der Waals surface area contributed by atoms with Gasteiger partial charge >= 0.3 is 0 Å². The van der Waals surface area contributed by atoms with Gasteiger partial charge in [0.2, 0.25) is 5.91 Å². The average Bonchev–Trinajstić information content (AvgIpc) is 2.36. The lowest BCUT2D eigenvalue weighted by atomic mass is 10.0. The Kier molecular flexibility index (Phi) is 5.25. The largest absolute Gasteiger partial charge is 0.351 e. The van der Waals surface area contributed by atoms with Gasteiger partial charge in [0.1, 0.15) is 17.6 Å². The van der Waals surface area contributed by atoms with E-state index in [2.05, 4.69) is 5.32 Å². The zero-order valence-corrected chi connectivity index (χ0v) is 10.0. The summed E-state index contributed by atoms with van der Waals surface area (Å²) in [5, 5.41) is 11.2. The van der Waals surface area contributed by atoms with Gasteiger partial charge in [-0.15, -0.1) is 0 Å². The number of hydrogen-bond donors (Lipinski definition) is 1. The predicted octanol–water partition coefficient (Wildman–Crippen LogP) is 2.52. The Morgan fingerprint density at radius 2 is 2.22 bits per heavy atom. The zero-order chi connectivity index (χ0) is 13.5. The van der Waals surface area contributed by atoms with Crippen molar-refractivity contribution in [3.8, 4) is 6.07 Å². The monoisotopic (exact) mass is 252 g/mol. The Morgan fingerprint density at radius 1 is 1.50 bits per heavy atom. The molecule has 1 atom stereocenters. The molecule has 0 aliphatic heterocycles. The van der Waals surface area contributed by atoms with Crippen molar-refractivity contribution in [1.82, 2.24) is 5.32 Å². The third kappa shape index (κ3) is 3.81. The van der Waals surface area contributed by atoms with Crippen LogP contribution in [0.5, 0.6) is 0 Å². The molecule has 0 bridgehead atoms. The number of carbonyl (C=O) groups is 1. The minimum absolute atomic E-state index is 0.0662. The van der Waals surface area contributed by atoms with Gasteiger partial charge in [-0.2, -0.15) is 5.26 Å². The molecule has 0 spiro atoms. The average molecular weight is 252 g/mol. The highest BCUT2D eigenvalue weighted by molar-refractivity contribution is 5.80. The molecule has 0 aliphatic carbocycles. The smallest absolute Gasteiger partial charge is 0.237 e. The second kappa shape index (κ2) is 6.70. The molecule has 5 heteroatoms. The van der Waals surface area contributed by atoms with Crippen molar-refractivity contribution >= 4 is 5.91 Å². The molecule has 0 saturated heterocycles. The minimum Gasteiger partial charge on any atom is -0.351 e. The van der Waals surface area contributed by atoms with Crippen LogP contribution < -0.4 is 5.32 Å². The van der Waals surface area contributed by atoms with Gasteiger partial charge in [0.25, 0.3) is 0 Å². The van der Waals surface area contributed by atoms with E-state index in [1.165, 1.54) is 0 Å². The van der Waals surface area contributed by atoms with Crippen molar-refractivity contribution in [3.63, 3.8) is 0 Å². The fraction of sp³-hybridized carbons (Fsp3) is 0.385. The molecule has 96 valence electrons. The van der Waals surface area contributed by atoms with E-state index in [9.17, 15) is 13.6 Å². The summed E-state index contributed by atoms with van der Waals surface area (Å²) in [6.07, 6.45) is 1.16. The highest BCUT2D eigenvalue weighted by atomic mass is 19.1. The summed E-state index contributed by atoms with van der Waals surface area (Å²) < 4.78 is 26.2. The van der Waals surface area contributed by atoms with E-state index in [1.807, 2.05) is 13.0 Å². The molecule has 0 heterocycles. The summed E-state index contributed by atoms with van der Waals surface area (Å²) in [6.45, 7) is 1.74. The summed E-state index contributed by atoms with van der Waals surface area (Å²) in [4.78, 5) is 11.6. The molecule has 3 nitrogen and oxygen atoms in total. The first-order valence-electron chi connectivity index (χ1n) is 5.69. The van der Waals surface area contributed by atoms with Crippen molar-refractivity contribution in [2.24, 2.45) is 5.92 Å². The van der Waals surface area contributed by atoms with Crippen LogP contribution in [0.15, 0.2) is 18.2 Å². The fourth-order valence-corrected chi connectivity index (χ4v) is 1.53. The van der Waals surface area contributed by atoms with Crippen molar-refractivity contribution < 1.29 is 13.6 Å². The maximum atomic E-state index is 13.3. The number of rotatable bonds is 5. The van der Waals surface area contributed by atoms with Crippen LogP contribution in [-0.2, 0) is 11.3 Å². The summed E-state index contributed by atoms with van der Waals surface area (Å²) in [5.41, 5.74) is 0.0662. The van der Waals surface area contributed by atoms with Crippen LogP contribution in [-0.4, -0.2) is 5.91 Å². The topological polar surface area (TPSA) is 52.9 Å². The van der Waals surface area contributed by atoms with Crippen molar-refractivity contribution in [1.29, 1.82) is 5.26 Å². The molecule has 0 fully saturated rings. The Balaban J connectivity index is 2.62. The number of halogens is 2. The maximum Gasteiger partial charge on any atom is 0.237 e. The van der Waals surface area contributed by atoms with Gasteiger partial charge in [-0.05, 0) is 24.6 Å². The Morgan fingerprint density at radius 3 is 2.83 bits per heavy atom. The van der Waals surface area contributed by atoms with Gasteiger partial charge in [0, 0.05) is 12.1 Å². The SMILES string of the molecule is CCCC(C#N)C(=O)NCc1cc(F)ccc1F. The summed E-state index contributed by atoms with van der Waals surface area (Å²) in [6, 6.07) is 4.92. The van der Waals surface area contributed by atoms with Crippen molar-refractivity contribution in [3.05, 3.63) is 35.4 Å². The number of nitrogens with zero attached hydrogens (tertiary/aromatic N) is 1. The first-order valence-corrected chi connectivity index (χ1v) is 5.69. The van der Waals surface area contributed by atoms with Crippen LogP contribution >= 0.6 is 0 Å². The van der Waals surface area contributed by atoms with E-state index >= 15 is 0 Å². The van der Waals surface area contributed by atoms with E-state index in [4.69, 9.17) is 5.26 Å². The van der Waals surface area contributed by atoms with Crippen molar-refractivity contribution in [2.75, 3.05) is 0 Å². The van der Waals surface area contributed by atoms with E-state index in [-0.39, 0.29) is 12.1 Å². The number of carbonyl (C=O) groups excluding carboxylic acids is 1. The fourth-order valence-electron chi connectivity index (χ4n) is 1.53. The summed E-state index contributed by atoms with van der Waals surface area (Å²) in [5.74, 6) is -2.35.